The Hall–Kier alpha value is -1.98. The first-order chi connectivity index (χ1) is 10.1. The Morgan fingerprint density at radius 1 is 1.29 bits per heavy atom. The molecule has 2 aliphatic rings. The van der Waals surface area contributed by atoms with Gasteiger partial charge in [0.1, 0.15) is 11.4 Å². The molecule has 0 unspecified atom stereocenters. The number of nitrogens with zero attached hydrogens (tertiary/aromatic N) is 3. The van der Waals surface area contributed by atoms with Crippen molar-refractivity contribution in [1.82, 2.24) is 14.8 Å². The Morgan fingerprint density at radius 2 is 2.00 bits per heavy atom. The van der Waals surface area contributed by atoms with E-state index in [9.17, 15) is 14.0 Å². The monoisotopic (exact) mass is 291 g/mol. The Bertz CT molecular complexity index is 584. The Balaban J connectivity index is 1.88. The molecular weight excluding hydrogens is 273 g/mol. The Kier molecular flexibility index (Phi) is 3.39. The maximum absolute atomic E-state index is 13.7. The number of pyridine rings is 1. The van der Waals surface area contributed by atoms with E-state index in [-0.39, 0.29) is 24.2 Å². The third-order valence-electron chi connectivity index (χ3n) is 4.63. The van der Waals surface area contributed by atoms with Crippen LogP contribution in [0.2, 0.25) is 0 Å². The molecule has 0 aromatic carbocycles. The highest BCUT2D eigenvalue weighted by Crippen LogP contribution is 2.39. The van der Waals surface area contributed by atoms with Crippen LogP contribution in [0.3, 0.4) is 0 Å². The first-order valence-electron chi connectivity index (χ1n) is 7.25. The molecule has 1 aliphatic carbocycles. The van der Waals surface area contributed by atoms with E-state index in [0.29, 0.717) is 12.8 Å². The quantitative estimate of drug-likeness (QED) is 0.786. The summed E-state index contributed by atoms with van der Waals surface area (Å²) in [5.74, 6) is -0.704. The van der Waals surface area contributed by atoms with Gasteiger partial charge in [-0.05, 0) is 25.0 Å². The summed E-state index contributed by atoms with van der Waals surface area (Å²) in [5.41, 5.74) is -0.596. The molecule has 0 atom stereocenters. The molecule has 2 heterocycles. The molecule has 0 bridgehead atoms. The molecule has 3 amide bonds. The topological polar surface area (TPSA) is 53.5 Å². The number of imide groups is 1. The van der Waals surface area contributed by atoms with E-state index in [1.54, 1.807) is 7.05 Å². The lowest BCUT2D eigenvalue weighted by Gasteiger charge is -2.35. The number of aromatic nitrogens is 1. The highest BCUT2D eigenvalue weighted by Gasteiger charge is 2.55. The van der Waals surface area contributed by atoms with Crippen molar-refractivity contribution in [3.63, 3.8) is 0 Å². The zero-order valence-electron chi connectivity index (χ0n) is 12.0. The average Bonchev–Trinajstić information content (AvgIpc) is 2.67. The minimum Gasteiger partial charge on any atom is -0.313 e. The maximum atomic E-state index is 13.7. The van der Waals surface area contributed by atoms with E-state index in [4.69, 9.17) is 0 Å². The molecule has 3 rings (SSSR count). The van der Waals surface area contributed by atoms with Gasteiger partial charge < -0.3 is 4.90 Å². The van der Waals surface area contributed by atoms with Gasteiger partial charge in [-0.15, -0.1) is 0 Å². The summed E-state index contributed by atoms with van der Waals surface area (Å²) in [7, 11) is 1.67. The summed E-state index contributed by atoms with van der Waals surface area (Å²) < 4.78 is 13.7. The smallest absolute Gasteiger partial charge is 0.313 e. The zero-order valence-corrected chi connectivity index (χ0v) is 12.0. The van der Waals surface area contributed by atoms with Crippen LogP contribution in [0.25, 0.3) is 0 Å². The molecule has 5 nitrogen and oxygen atoms in total. The molecule has 1 aromatic rings. The predicted molar refractivity (Wildman–Crippen MR) is 73.7 cm³/mol. The Morgan fingerprint density at radius 3 is 2.67 bits per heavy atom. The number of carbonyl (C=O) groups is 2. The lowest BCUT2D eigenvalue weighted by atomic mass is 9.81. The first kappa shape index (κ1) is 14.0. The molecule has 112 valence electrons. The number of hydrogen-bond donors (Lipinski definition) is 0. The van der Waals surface area contributed by atoms with Gasteiger partial charge in [-0.3, -0.25) is 14.7 Å². The maximum Gasteiger partial charge on any atom is 0.327 e. The SMILES string of the molecule is CN1C(=O)N(Cc2ncccc2F)C(=O)C12CCCCC2. The normalized spacial score (nSPS) is 21.4. The summed E-state index contributed by atoms with van der Waals surface area (Å²) >= 11 is 0. The van der Waals surface area contributed by atoms with Gasteiger partial charge in [-0.1, -0.05) is 19.3 Å². The van der Waals surface area contributed by atoms with Crippen LogP contribution in [0.15, 0.2) is 18.3 Å². The van der Waals surface area contributed by atoms with Crippen LogP contribution in [0.1, 0.15) is 37.8 Å². The van der Waals surface area contributed by atoms with E-state index in [1.807, 2.05) is 0 Å². The largest absolute Gasteiger partial charge is 0.327 e. The molecule has 1 aromatic heterocycles. The fourth-order valence-corrected chi connectivity index (χ4v) is 3.36. The standard InChI is InChI=1S/C15H18FN3O2/c1-18-14(21)19(10-12-11(16)6-5-9-17-12)13(20)15(18)7-3-2-4-8-15/h5-6,9H,2-4,7-8,10H2,1H3. The van der Waals surface area contributed by atoms with Crippen LogP contribution in [0.5, 0.6) is 0 Å². The van der Waals surface area contributed by atoms with Crippen molar-refractivity contribution in [2.45, 2.75) is 44.2 Å². The predicted octanol–water partition coefficient (Wildman–Crippen LogP) is 2.32. The van der Waals surface area contributed by atoms with E-state index in [2.05, 4.69) is 4.98 Å². The minimum atomic E-state index is -0.722. The second kappa shape index (κ2) is 5.09. The highest BCUT2D eigenvalue weighted by atomic mass is 19.1. The van der Waals surface area contributed by atoms with E-state index < -0.39 is 11.4 Å². The van der Waals surface area contributed by atoms with Gasteiger partial charge in [0.05, 0.1) is 12.2 Å². The van der Waals surface area contributed by atoms with Crippen molar-refractivity contribution < 1.29 is 14.0 Å². The molecule has 1 saturated carbocycles. The first-order valence-corrected chi connectivity index (χ1v) is 7.25. The van der Waals surface area contributed by atoms with Gasteiger partial charge in [0.25, 0.3) is 5.91 Å². The summed E-state index contributed by atoms with van der Waals surface area (Å²) in [5, 5.41) is 0. The van der Waals surface area contributed by atoms with Crippen molar-refractivity contribution in [3.8, 4) is 0 Å². The van der Waals surface area contributed by atoms with Crippen LogP contribution in [0, 0.1) is 5.82 Å². The number of amides is 3. The Labute approximate surface area is 122 Å². The second-order valence-electron chi connectivity index (χ2n) is 5.76. The number of carbonyl (C=O) groups excluding carboxylic acids is 2. The number of halogens is 1. The van der Waals surface area contributed by atoms with Crippen LogP contribution < -0.4 is 0 Å². The minimum absolute atomic E-state index is 0.101. The number of urea groups is 1. The molecule has 1 saturated heterocycles. The van der Waals surface area contributed by atoms with Crippen LogP contribution >= 0.6 is 0 Å². The lowest BCUT2D eigenvalue weighted by Crippen LogP contribution is -2.49. The van der Waals surface area contributed by atoms with E-state index >= 15 is 0 Å². The third-order valence-corrected chi connectivity index (χ3v) is 4.63. The zero-order chi connectivity index (χ0) is 15.0. The van der Waals surface area contributed by atoms with Gasteiger partial charge in [-0.2, -0.15) is 0 Å². The molecule has 2 fully saturated rings. The highest BCUT2D eigenvalue weighted by molar-refractivity contribution is 6.06. The van der Waals surface area contributed by atoms with Gasteiger partial charge in [0, 0.05) is 13.2 Å². The molecule has 21 heavy (non-hydrogen) atoms. The lowest BCUT2D eigenvalue weighted by molar-refractivity contribution is -0.134. The molecule has 0 N–H and O–H groups in total. The van der Waals surface area contributed by atoms with Crippen molar-refractivity contribution in [3.05, 3.63) is 29.8 Å². The van der Waals surface area contributed by atoms with Gasteiger partial charge >= 0.3 is 6.03 Å². The fraction of sp³-hybridized carbons (Fsp3) is 0.533. The van der Waals surface area contributed by atoms with Crippen molar-refractivity contribution >= 4 is 11.9 Å². The number of rotatable bonds is 2. The van der Waals surface area contributed by atoms with Crippen molar-refractivity contribution in [2.75, 3.05) is 7.05 Å². The summed E-state index contributed by atoms with van der Waals surface area (Å²) in [6, 6.07) is 2.42. The fourth-order valence-electron chi connectivity index (χ4n) is 3.36. The third kappa shape index (κ3) is 2.09. The molecule has 0 radical (unpaired) electrons. The average molecular weight is 291 g/mol. The molecule has 1 spiro atoms. The second-order valence-corrected chi connectivity index (χ2v) is 5.76. The van der Waals surface area contributed by atoms with Gasteiger partial charge in [-0.25, -0.2) is 9.18 Å². The van der Waals surface area contributed by atoms with Crippen LogP contribution in [-0.4, -0.2) is 39.3 Å². The summed E-state index contributed by atoms with van der Waals surface area (Å²) in [6.45, 7) is -0.101. The molecular formula is C15H18FN3O2. The number of hydrogen-bond acceptors (Lipinski definition) is 3. The van der Waals surface area contributed by atoms with Crippen LogP contribution in [-0.2, 0) is 11.3 Å². The van der Waals surface area contributed by atoms with Crippen molar-refractivity contribution in [2.24, 2.45) is 0 Å². The summed E-state index contributed by atoms with van der Waals surface area (Å²) in [4.78, 5) is 31.7. The number of likely N-dealkylation sites (N-methyl/N-ethyl adjacent to an activating group) is 1. The van der Waals surface area contributed by atoms with E-state index in [1.165, 1.54) is 23.2 Å². The summed E-state index contributed by atoms with van der Waals surface area (Å²) in [6.07, 6.45) is 5.81. The van der Waals surface area contributed by atoms with E-state index in [0.717, 1.165) is 24.2 Å². The molecule has 6 heteroatoms. The molecule has 1 aliphatic heterocycles. The van der Waals surface area contributed by atoms with Gasteiger partial charge in [0.2, 0.25) is 0 Å². The van der Waals surface area contributed by atoms with Crippen LogP contribution in [0.4, 0.5) is 9.18 Å². The van der Waals surface area contributed by atoms with Gasteiger partial charge in [0.15, 0.2) is 0 Å². The van der Waals surface area contributed by atoms with Crippen molar-refractivity contribution in [1.29, 1.82) is 0 Å².